The number of esters is 1. The summed E-state index contributed by atoms with van der Waals surface area (Å²) in [6.07, 6.45) is 4.12. The lowest BCUT2D eigenvalue weighted by Gasteiger charge is -2.38. The number of carbonyl (C=O) groups is 1. The van der Waals surface area contributed by atoms with Crippen molar-refractivity contribution in [2.24, 2.45) is 0 Å². The monoisotopic (exact) mass is 292 g/mol. The van der Waals surface area contributed by atoms with Crippen LogP contribution in [0.5, 0.6) is 0 Å². The highest BCUT2D eigenvalue weighted by Crippen LogP contribution is 2.31. The molecule has 116 valence electrons. The van der Waals surface area contributed by atoms with Crippen molar-refractivity contribution in [2.75, 3.05) is 30.9 Å². The summed E-state index contributed by atoms with van der Waals surface area (Å²) in [5.41, 5.74) is 8.74. The quantitative estimate of drug-likeness (QED) is 0.656. The average Bonchev–Trinajstić information content (AvgIpc) is 2.50. The Labute approximate surface area is 125 Å². The number of aliphatic hydroxyl groups excluding tert-OH is 1. The number of hydrogen-bond donors (Lipinski definition) is 2. The zero-order valence-electron chi connectivity index (χ0n) is 12.8. The van der Waals surface area contributed by atoms with E-state index in [4.69, 9.17) is 10.5 Å². The minimum atomic E-state index is -0.409. The van der Waals surface area contributed by atoms with Gasteiger partial charge in [-0.05, 0) is 50.3 Å². The summed E-state index contributed by atoms with van der Waals surface area (Å²) >= 11 is 0. The molecule has 1 fully saturated rings. The van der Waals surface area contributed by atoms with Crippen molar-refractivity contribution < 1.29 is 14.6 Å². The van der Waals surface area contributed by atoms with Gasteiger partial charge in [0.05, 0.1) is 12.7 Å². The van der Waals surface area contributed by atoms with Crippen LogP contribution in [0.3, 0.4) is 0 Å². The highest BCUT2D eigenvalue weighted by molar-refractivity contribution is 5.97. The standard InChI is InChI=1S/C16H24N2O3/c1-11-9-13(10-14(15(11)17)16(20)21-2)18-7-4-3-5-12(18)6-8-19/h9-10,12,19H,3-8,17H2,1-2H3. The Hall–Kier alpha value is -1.75. The van der Waals surface area contributed by atoms with Crippen molar-refractivity contribution in [1.29, 1.82) is 0 Å². The molecule has 0 saturated carbocycles. The number of anilines is 2. The molecule has 1 atom stereocenters. The fourth-order valence-electron chi connectivity index (χ4n) is 3.01. The predicted octanol–water partition coefficient (Wildman–Crippen LogP) is 2.11. The first-order chi connectivity index (χ1) is 10.1. The molecule has 1 aromatic carbocycles. The van der Waals surface area contributed by atoms with Gasteiger partial charge in [0.1, 0.15) is 0 Å². The summed E-state index contributed by atoms with van der Waals surface area (Å²) in [6.45, 7) is 3.02. The molecule has 0 aliphatic carbocycles. The zero-order valence-corrected chi connectivity index (χ0v) is 12.8. The van der Waals surface area contributed by atoms with Gasteiger partial charge < -0.3 is 20.5 Å². The first-order valence-corrected chi connectivity index (χ1v) is 7.44. The summed E-state index contributed by atoms with van der Waals surface area (Å²) < 4.78 is 4.81. The van der Waals surface area contributed by atoms with Gasteiger partial charge in [-0.2, -0.15) is 0 Å². The van der Waals surface area contributed by atoms with E-state index in [0.717, 1.165) is 37.1 Å². The number of ether oxygens (including phenoxy) is 1. The van der Waals surface area contributed by atoms with E-state index in [1.165, 1.54) is 13.5 Å². The van der Waals surface area contributed by atoms with Crippen LogP contribution in [-0.2, 0) is 4.74 Å². The number of nitrogens with zero attached hydrogens (tertiary/aromatic N) is 1. The maximum Gasteiger partial charge on any atom is 0.340 e. The largest absolute Gasteiger partial charge is 0.465 e. The smallest absolute Gasteiger partial charge is 0.340 e. The van der Waals surface area contributed by atoms with Gasteiger partial charge in [0.25, 0.3) is 0 Å². The molecule has 1 aliphatic rings. The van der Waals surface area contributed by atoms with Crippen LogP contribution in [0.25, 0.3) is 0 Å². The number of piperidine rings is 1. The molecular formula is C16H24N2O3. The van der Waals surface area contributed by atoms with E-state index in [-0.39, 0.29) is 6.61 Å². The van der Waals surface area contributed by atoms with Crippen LogP contribution in [0.1, 0.15) is 41.6 Å². The van der Waals surface area contributed by atoms with Crippen molar-refractivity contribution in [1.82, 2.24) is 0 Å². The van der Waals surface area contributed by atoms with Crippen molar-refractivity contribution >= 4 is 17.3 Å². The normalized spacial score (nSPS) is 18.6. The highest BCUT2D eigenvalue weighted by atomic mass is 16.5. The third kappa shape index (κ3) is 3.29. The first kappa shape index (κ1) is 15.6. The van der Waals surface area contributed by atoms with E-state index < -0.39 is 5.97 Å². The number of nitrogens with two attached hydrogens (primary N) is 1. The lowest BCUT2D eigenvalue weighted by atomic mass is 9.97. The Morgan fingerprint density at radius 1 is 1.48 bits per heavy atom. The number of rotatable bonds is 4. The topological polar surface area (TPSA) is 75.8 Å². The van der Waals surface area contributed by atoms with Crippen molar-refractivity contribution in [3.63, 3.8) is 0 Å². The maximum atomic E-state index is 11.9. The van der Waals surface area contributed by atoms with Gasteiger partial charge in [-0.15, -0.1) is 0 Å². The molecule has 3 N–H and O–H groups in total. The third-order valence-electron chi connectivity index (χ3n) is 4.20. The number of methoxy groups -OCH3 is 1. The van der Waals surface area contributed by atoms with Gasteiger partial charge in [-0.25, -0.2) is 4.79 Å². The molecule has 1 heterocycles. The fourth-order valence-corrected chi connectivity index (χ4v) is 3.01. The SMILES string of the molecule is COC(=O)c1cc(N2CCCCC2CCO)cc(C)c1N. The van der Waals surface area contributed by atoms with Crippen molar-refractivity contribution in [2.45, 2.75) is 38.6 Å². The molecule has 1 unspecified atom stereocenters. The van der Waals surface area contributed by atoms with Gasteiger partial charge in [0, 0.05) is 30.6 Å². The Morgan fingerprint density at radius 2 is 2.24 bits per heavy atom. The number of aliphatic hydroxyl groups is 1. The molecule has 1 saturated heterocycles. The van der Waals surface area contributed by atoms with Gasteiger partial charge in [0.2, 0.25) is 0 Å². The minimum Gasteiger partial charge on any atom is -0.465 e. The molecular weight excluding hydrogens is 268 g/mol. The summed E-state index contributed by atoms with van der Waals surface area (Å²) in [4.78, 5) is 14.1. The minimum absolute atomic E-state index is 0.180. The van der Waals surface area contributed by atoms with Crippen LogP contribution >= 0.6 is 0 Å². The summed E-state index contributed by atoms with van der Waals surface area (Å²) in [5, 5.41) is 9.24. The Morgan fingerprint density at radius 3 is 2.90 bits per heavy atom. The van der Waals surface area contributed by atoms with Crippen LogP contribution in [0.4, 0.5) is 11.4 Å². The van der Waals surface area contributed by atoms with E-state index in [1.54, 1.807) is 0 Å². The van der Waals surface area contributed by atoms with E-state index in [0.29, 0.717) is 17.3 Å². The lowest BCUT2D eigenvalue weighted by Crippen LogP contribution is -2.40. The average molecular weight is 292 g/mol. The molecule has 2 rings (SSSR count). The second-order valence-corrected chi connectivity index (χ2v) is 5.57. The second-order valence-electron chi connectivity index (χ2n) is 5.57. The predicted molar refractivity (Wildman–Crippen MR) is 83.6 cm³/mol. The van der Waals surface area contributed by atoms with E-state index in [1.807, 2.05) is 19.1 Å². The van der Waals surface area contributed by atoms with Gasteiger partial charge in [-0.1, -0.05) is 0 Å². The fraction of sp³-hybridized carbons (Fsp3) is 0.562. The van der Waals surface area contributed by atoms with Crippen LogP contribution in [-0.4, -0.2) is 37.4 Å². The van der Waals surface area contributed by atoms with Gasteiger partial charge in [-0.3, -0.25) is 0 Å². The summed E-state index contributed by atoms with van der Waals surface area (Å²) in [5.74, 6) is -0.409. The molecule has 1 aromatic rings. The number of benzene rings is 1. The molecule has 0 radical (unpaired) electrons. The number of aryl methyl sites for hydroxylation is 1. The molecule has 0 aromatic heterocycles. The zero-order chi connectivity index (χ0) is 15.4. The van der Waals surface area contributed by atoms with Crippen LogP contribution in [0, 0.1) is 6.92 Å². The van der Waals surface area contributed by atoms with Crippen LogP contribution in [0.15, 0.2) is 12.1 Å². The second kappa shape index (κ2) is 6.80. The van der Waals surface area contributed by atoms with Crippen LogP contribution in [0.2, 0.25) is 0 Å². The first-order valence-electron chi connectivity index (χ1n) is 7.44. The summed E-state index contributed by atoms with van der Waals surface area (Å²) in [7, 11) is 1.36. The Kier molecular flexibility index (Phi) is 5.07. The van der Waals surface area contributed by atoms with E-state index in [2.05, 4.69) is 4.90 Å². The molecule has 0 amide bonds. The van der Waals surface area contributed by atoms with Gasteiger partial charge in [0.15, 0.2) is 0 Å². The molecule has 0 bridgehead atoms. The van der Waals surface area contributed by atoms with E-state index in [9.17, 15) is 9.90 Å². The molecule has 5 nitrogen and oxygen atoms in total. The molecule has 21 heavy (non-hydrogen) atoms. The maximum absolute atomic E-state index is 11.9. The third-order valence-corrected chi connectivity index (χ3v) is 4.20. The Balaban J connectivity index is 2.38. The lowest BCUT2D eigenvalue weighted by molar-refractivity contribution is 0.0602. The highest BCUT2D eigenvalue weighted by Gasteiger charge is 2.24. The molecule has 1 aliphatic heterocycles. The van der Waals surface area contributed by atoms with E-state index >= 15 is 0 Å². The molecule has 5 heteroatoms. The Bertz CT molecular complexity index is 514. The number of carbonyl (C=O) groups excluding carboxylic acids is 1. The van der Waals surface area contributed by atoms with Gasteiger partial charge >= 0.3 is 5.97 Å². The van der Waals surface area contributed by atoms with Crippen molar-refractivity contribution in [3.05, 3.63) is 23.3 Å². The number of hydrogen-bond acceptors (Lipinski definition) is 5. The molecule has 0 spiro atoms. The summed E-state index contributed by atoms with van der Waals surface area (Å²) in [6, 6.07) is 4.14. The van der Waals surface area contributed by atoms with Crippen LogP contribution < -0.4 is 10.6 Å². The van der Waals surface area contributed by atoms with Crippen molar-refractivity contribution in [3.8, 4) is 0 Å². The number of nitrogen functional groups attached to an aromatic ring is 1.